The van der Waals surface area contributed by atoms with Gasteiger partial charge in [0.2, 0.25) is 0 Å². The summed E-state index contributed by atoms with van der Waals surface area (Å²) in [6.45, 7) is 5.60. The van der Waals surface area contributed by atoms with Crippen LogP contribution in [0.25, 0.3) is 5.65 Å². The summed E-state index contributed by atoms with van der Waals surface area (Å²) in [4.78, 5) is 10.8. The van der Waals surface area contributed by atoms with Gasteiger partial charge >= 0.3 is 6.01 Å². The largest absolute Gasteiger partial charge is 0.462 e. The molecule has 0 spiro atoms. The van der Waals surface area contributed by atoms with Gasteiger partial charge in [0.1, 0.15) is 5.82 Å². The van der Waals surface area contributed by atoms with E-state index in [0.717, 1.165) is 43.7 Å². The minimum absolute atomic E-state index is 0.210. The summed E-state index contributed by atoms with van der Waals surface area (Å²) in [6.07, 6.45) is 6.40. The molecule has 0 aliphatic carbocycles. The maximum Gasteiger partial charge on any atom is 0.336 e. The first-order chi connectivity index (χ1) is 14.1. The van der Waals surface area contributed by atoms with Gasteiger partial charge in [0.05, 0.1) is 18.5 Å². The van der Waals surface area contributed by atoms with E-state index in [1.807, 2.05) is 12.1 Å². The third-order valence-electron chi connectivity index (χ3n) is 5.26. The SMILES string of the molecule is CCCCOc1nc(N)c2ncc(Cc3ccc(CN4CCCC4)cc3F)n2n1. The van der Waals surface area contributed by atoms with Gasteiger partial charge in [0.15, 0.2) is 11.5 Å². The summed E-state index contributed by atoms with van der Waals surface area (Å²) in [6, 6.07) is 5.70. The molecule has 1 aromatic carbocycles. The van der Waals surface area contributed by atoms with Crippen LogP contribution in [0.1, 0.15) is 49.4 Å². The number of hydrogen-bond acceptors (Lipinski definition) is 6. The van der Waals surface area contributed by atoms with Gasteiger partial charge in [-0.3, -0.25) is 4.90 Å². The molecule has 1 aliphatic heterocycles. The molecule has 0 radical (unpaired) electrons. The molecular formula is C21H27FN6O. The predicted octanol–water partition coefficient (Wildman–Crippen LogP) is 3.21. The Kier molecular flexibility index (Phi) is 5.89. The number of aromatic nitrogens is 4. The van der Waals surface area contributed by atoms with Crippen molar-refractivity contribution in [3.63, 3.8) is 0 Å². The van der Waals surface area contributed by atoms with Gasteiger partial charge in [-0.25, -0.2) is 13.9 Å². The maximum atomic E-state index is 14.7. The number of likely N-dealkylation sites (tertiary alicyclic amines) is 1. The number of ether oxygens (including phenoxy) is 1. The topological polar surface area (TPSA) is 81.6 Å². The molecule has 7 nitrogen and oxygen atoms in total. The molecule has 0 atom stereocenters. The first-order valence-electron chi connectivity index (χ1n) is 10.3. The van der Waals surface area contributed by atoms with E-state index in [4.69, 9.17) is 10.5 Å². The van der Waals surface area contributed by atoms with Gasteiger partial charge in [-0.2, -0.15) is 4.98 Å². The normalized spacial score (nSPS) is 14.7. The number of nitrogens with zero attached hydrogens (tertiary/aromatic N) is 5. The van der Waals surface area contributed by atoms with Crippen molar-refractivity contribution in [3.05, 3.63) is 47.0 Å². The lowest BCUT2D eigenvalue weighted by Crippen LogP contribution is -2.18. The summed E-state index contributed by atoms with van der Waals surface area (Å²) in [5.74, 6) is 0.0391. The van der Waals surface area contributed by atoms with Crippen molar-refractivity contribution in [1.82, 2.24) is 24.5 Å². The Labute approximate surface area is 169 Å². The Morgan fingerprint density at radius 2 is 2.07 bits per heavy atom. The van der Waals surface area contributed by atoms with Gasteiger partial charge in [0, 0.05) is 13.0 Å². The molecule has 1 aliphatic rings. The van der Waals surface area contributed by atoms with Gasteiger partial charge < -0.3 is 10.5 Å². The minimum Gasteiger partial charge on any atom is -0.462 e. The van der Waals surface area contributed by atoms with Crippen LogP contribution in [0.4, 0.5) is 10.2 Å². The van der Waals surface area contributed by atoms with Crippen LogP contribution in [0.2, 0.25) is 0 Å². The van der Waals surface area contributed by atoms with Gasteiger partial charge in [-0.15, -0.1) is 5.10 Å². The molecule has 0 unspecified atom stereocenters. The quantitative estimate of drug-likeness (QED) is 0.587. The molecule has 29 heavy (non-hydrogen) atoms. The standard InChI is InChI=1S/C21H27FN6O/c1-2-3-10-29-21-25-19(23)20-24-13-17(28(20)26-21)12-16-7-6-15(11-18(16)22)14-27-8-4-5-9-27/h6-7,11,13H,2-5,8-10,12,14H2,1H3,(H2,23,25,26). The molecule has 3 heterocycles. The number of fused-ring (bicyclic) bond motifs is 1. The van der Waals surface area contributed by atoms with Gasteiger partial charge in [0.25, 0.3) is 0 Å². The smallest absolute Gasteiger partial charge is 0.336 e. The number of imidazole rings is 1. The average Bonchev–Trinajstić information content (AvgIpc) is 3.35. The molecule has 0 saturated carbocycles. The number of benzene rings is 1. The highest BCUT2D eigenvalue weighted by Crippen LogP contribution is 2.20. The van der Waals surface area contributed by atoms with Crippen molar-refractivity contribution < 1.29 is 9.13 Å². The Morgan fingerprint density at radius 1 is 1.24 bits per heavy atom. The fourth-order valence-electron chi connectivity index (χ4n) is 3.64. The highest BCUT2D eigenvalue weighted by Gasteiger charge is 2.16. The van der Waals surface area contributed by atoms with Crippen LogP contribution in [0.15, 0.2) is 24.4 Å². The zero-order valence-corrected chi connectivity index (χ0v) is 16.8. The number of halogens is 1. The molecule has 0 amide bonds. The maximum absolute atomic E-state index is 14.7. The Morgan fingerprint density at radius 3 is 2.83 bits per heavy atom. The molecule has 154 valence electrons. The zero-order chi connectivity index (χ0) is 20.2. The molecule has 0 bridgehead atoms. The van der Waals surface area contributed by atoms with Crippen LogP contribution in [0, 0.1) is 5.82 Å². The lowest BCUT2D eigenvalue weighted by Gasteiger charge is -2.15. The van der Waals surface area contributed by atoms with E-state index in [1.54, 1.807) is 16.8 Å². The van der Waals surface area contributed by atoms with Crippen molar-refractivity contribution in [2.45, 2.75) is 45.6 Å². The zero-order valence-electron chi connectivity index (χ0n) is 16.8. The van der Waals surface area contributed by atoms with Crippen molar-refractivity contribution in [3.8, 4) is 6.01 Å². The highest BCUT2D eigenvalue weighted by atomic mass is 19.1. The number of rotatable bonds is 8. The van der Waals surface area contributed by atoms with Crippen LogP contribution in [-0.4, -0.2) is 44.2 Å². The van der Waals surface area contributed by atoms with Crippen molar-refractivity contribution in [2.24, 2.45) is 0 Å². The molecule has 2 N–H and O–H groups in total. The second-order valence-electron chi connectivity index (χ2n) is 7.55. The second-order valence-corrected chi connectivity index (χ2v) is 7.55. The number of nitrogen functional groups attached to an aromatic ring is 1. The number of unbranched alkanes of at least 4 members (excludes halogenated alkanes) is 1. The van der Waals surface area contributed by atoms with Crippen LogP contribution < -0.4 is 10.5 Å². The van der Waals surface area contributed by atoms with Crippen molar-refractivity contribution in [2.75, 3.05) is 25.4 Å². The minimum atomic E-state index is -0.210. The number of nitrogens with two attached hydrogens (primary N) is 1. The van der Waals surface area contributed by atoms with Crippen LogP contribution in [-0.2, 0) is 13.0 Å². The highest BCUT2D eigenvalue weighted by molar-refractivity contribution is 5.59. The third-order valence-corrected chi connectivity index (χ3v) is 5.26. The summed E-state index contributed by atoms with van der Waals surface area (Å²) < 4.78 is 21.9. The van der Waals surface area contributed by atoms with E-state index < -0.39 is 0 Å². The van der Waals surface area contributed by atoms with Crippen LogP contribution in [0.5, 0.6) is 6.01 Å². The van der Waals surface area contributed by atoms with E-state index in [2.05, 4.69) is 26.9 Å². The summed E-state index contributed by atoms with van der Waals surface area (Å²) in [5.41, 5.74) is 8.80. The van der Waals surface area contributed by atoms with E-state index in [1.165, 1.54) is 12.8 Å². The van der Waals surface area contributed by atoms with Gasteiger partial charge in [-0.1, -0.05) is 25.5 Å². The summed E-state index contributed by atoms with van der Waals surface area (Å²) in [7, 11) is 0. The fraction of sp³-hybridized carbons (Fsp3) is 0.476. The van der Waals surface area contributed by atoms with Crippen LogP contribution in [0.3, 0.4) is 0 Å². The second kappa shape index (κ2) is 8.73. The molecule has 4 rings (SSSR count). The summed E-state index contributed by atoms with van der Waals surface area (Å²) >= 11 is 0. The van der Waals surface area contributed by atoms with Crippen LogP contribution >= 0.6 is 0 Å². The van der Waals surface area contributed by atoms with E-state index in [0.29, 0.717) is 24.2 Å². The fourth-order valence-corrected chi connectivity index (χ4v) is 3.64. The van der Waals surface area contributed by atoms with Crippen molar-refractivity contribution >= 4 is 11.5 Å². The van der Waals surface area contributed by atoms with Gasteiger partial charge in [-0.05, 0) is 49.5 Å². The summed E-state index contributed by atoms with van der Waals surface area (Å²) in [5, 5.41) is 4.39. The predicted molar refractivity (Wildman–Crippen MR) is 109 cm³/mol. The molecule has 3 aromatic rings. The number of anilines is 1. The number of hydrogen-bond donors (Lipinski definition) is 1. The van der Waals surface area contributed by atoms with E-state index >= 15 is 0 Å². The first kappa shape index (κ1) is 19.6. The van der Waals surface area contributed by atoms with Crippen molar-refractivity contribution in [1.29, 1.82) is 0 Å². The molecule has 1 fully saturated rings. The lowest BCUT2D eigenvalue weighted by molar-refractivity contribution is 0.280. The molecular weight excluding hydrogens is 371 g/mol. The van der Waals surface area contributed by atoms with E-state index in [-0.39, 0.29) is 17.6 Å². The Balaban J connectivity index is 1.53. The third kappa shape index (κ3) is 4.48. The van der Waals surface area contributed by atoms with E-state index in [9.17, 15) is 4.39 Å². The molecule has 1 saturated heterocycles. The molecule has 2 aromatic heterocycles. The Hall–Kier alpha value is -2.74. The monoisotopic (exact) mass is 398 g/mol. The Bertz CT molecular complexity index is 983. The molecule has 8 heteroatoms. The lowest BCUT2D eigenvalue weighted by atomic mass is 10.1. The average molecular weight is 398 g/mol. The first-order valence-corrected chi connectivity index (χ1v) is 10.3.